The minimum atomic E-state index is -0.677. The second-order valence-corrected chi connectivity index (χ2v) is 8.16. The molecule has 1 aromatic heterocycles. The van der Waals surface area contributed by atoms with Crippen LogP contribution in [0.3, 0.4) is 0 Å². The fourth-order valence-corrected chi connectivity index (χ4v) is 4.19. The largest absolute Gasteiger partial charge is 0.489 e. The van der Waals surface area contributed by atoms with E-state index in [0.29, 0.717) is 37.0 Å². The van der Waals surface area contributed by atoms with Crippen LogP contribution < -0.4 is 21.5 Å². The maximum Gasteiger partial charge on any atom is 0.276 e. The molecule has 0 saturated heterocycles. The maximum atomic E-state index is 13.2. The molecule has 2 aromatic rings. The average molecular weight is 451 g/mol. The third kappa shape index (κ3) is 5.44. The van der Waals surface area contributed by atoms with Crippen molar-refractivity contribution < 1.29 is 14.6 Å². The average Bonchev–Trinajstić information content (AvgIpc) is 2.97. The number of amides is 1. The standard InChI is InChI=1S/C24H30N6O3/c25-9-7-19(13-26)27-22-6-5-21-23(28-22)24(32)30(11-12-33-21)16-20(31)15-29-10-8-17-3-1-2-4-18(17)14-29/h1-7,9,13,20,31H,8,10-12,14-16,25-26H2,(H,27,28)/b9-7-,19-13+. The lowest BCUT2D eigenvalue weighted by Crippen LogP contribution is -2.44. The highest BCUT2D eigenvalue weighted by Crippen LogP contribution is 2.24. The number of ether oxygens (including phenoxy) is 1. The first-order chi connectivity index (χ1) is 16.1. The van der Waals surface area contributed by atoms with Crippen molar-refractivity contribution in [3.05, 3.63) is 77.4 Å². The molecule has 9 nitrogen and oxygen atoms in total. The van der Waals surface area contributed by atoms with Gasteiger partial charge in [-0.1, -0.05) is 24.3 Å². The van der Waals surface area contributed by atoms with Crippen molar-refractivity contribution in [2.24, 2.45) is 11.5 Å². The molecule has 33 heavy (non-hydrogen) atoms. The molecule has 2 aliphatic rings. The van der Waals surface area contributed by atoms with Gasteiger partial charge in [-0.25, -0.2) is 4.98 Å². The number of allylic oxidation sites excluding steroid dienone is 1. The molecule has 0 saturated carbocycles. The summed E-state index contributed by atoms with van der Waals surface area (Å²) in [7, 11) is 0. The molecular formula is C24H30N6O3. The number of aliphatic hydroxyl groups excluding tert-OH is 1. The van der Waals surface area contributed by atoms with E-state index >= 15 is 0 Å². The Balaban J connectivity index is 1.41. The molecule has 1 aromatic carbocycles. The van der Waals surface area contributed by atoms with Crippen molar-refractivity contribution in [2.75, 3.05) is 38.1 Å². The maximum absolute atomic E-state index is 13.2. The molecule has 0 bridgehead atoms. The van der Waals surface area contributed by atoms with E-state index in [2.05, 4.69) is 33.4 Å². The topological polar surface area (TPSA) is 130 Å². The van der Waals surface area contributed by atoms with Gasteiger partial charge in [-0.15, -0.1) is 0 Å². The number of aromatic nitrogens is 1. The van der Waals surface area contributed by atoms with Gasteiger partial charge in [0.25, 0.3) is 5.91 Å². The number of rotatable bonds is 7. The Kier molecular flexibility index (Phi) is 7.11. The highest BCUT2D eigenvalue weighted by Gasteiger charge is 2.28. The molecule has 1 atom stereocenters. The Bertz CT molecular complexity index is 1050. The van der Waals surface area contributed by atoms with E-state index in [1.165, 1.54) is 23.5 Å². The molecular weight excluding hydrogens is 420 g/mol. The van der Waals surface area contributed by atoms with Crippen LogP contribution in [-0.4, -0.2) is 64.7 Å². The molecule has 4 rings (SSSR count). The van der Waals surface area contributed by atoms with Gasteiger partial charge >= 0.3 is 0 Å². The SMILES string of the molecule is N/C=C\C(=C/N)Nc1ccc2c(n1)C(=O)N(CC(O)CN1CCc3ccccc3C1)CCO2. The van der Waals surface area contributed by atoms with Crippen molar-refractivity contribution in [3.63, 3.8) is 0 Å². The monoisotopic (exact) mass is 450 g/mol. The van der Waals surface area contributed by atoms with E-state index in [0.717, 1.165) is 19.5 Å². The Morgan fingerprint density at radius 3 is 2.79 bits per heavy atom. The summed E-state index contributed by atoms with van der Waals surface area (Å²) in [5.41, 5.74) is 14.4. The van der Waals surface area contributed by atoms with E-state index in [-0.39, 0.29) is 18.1 Å². The van der Waals surface area contributed by atoms with Gasteiger partial charge in [-0.3, -0.25) is 9.69 Å². The minimum Gasteiger partial charge on any atom is -0.489 e. The van der Waals surface area contributed by atoms with Gasteiger partial charge in [0, 0.05) is 32.4 Å². The molecule has 1 unspecified atom stereocenters. The first-order valence-corrected chi connectivity index (χ1v) is 11.0. The van der Waals surface area contributed by atoms with E-state index in [4.69, 9.17) is 16.2 Å². The zero-order chi connectivity index (χ0) is 23.2. The van der Waals surface area contributed by atoms with E-state index in [9.17, 15) is 9.90 Å². The molecule has 6 N–H and O–H groups in total. The highest BCUT2D eigenvalue weighted by molar-refractivity contribution is 5.95. The number of anilines is 1. The number of hydrogen-bond donors (Lipinski definition) is 4. The number of nitrogens with two attached hydrogens (primary N) is 2. The summed E-state index contributed by atoms with van der Waals surface area (Å²) in [5.74, 6) is 0.583. The number of nitrogens with one attached hydrogen (secondary N) is 1. The number of benzene rings is 1. The summed E-state index contributed by atoms with van der Waals surface area (Å²) in [6.45, 7) is 3.11. The number of carbonyl (C=O) groups excluding carboxylic acids is 1. The summed E-state index contributed by atoms with van der Waals surface area (Å²) < 4.78 is 5.74. The molecule has 174 valence electrons. The van der Waals surface area contributed by atoms with Gasteiger partial charge in [0.05, 0.1) is 18.3 Å². The summed E-state index contributed by atoms with van der Waals surface area (Å²) in [6, 6.07) is 11.8. The van der Waals surface area contributed by atoms with Crippen LogP contribution in [0.25, 0.3) is 0 Å². The minimum absolute atomic E-state index is 0.199. The Morgan fingerprint density at radius 1 is 1.18 bits per heavy atom. The summed E-state index contributed by atoms with van der Waals surface area (Å²) in [5, 5.41) is 13.8. The third-order valence-electron chi connectivity index (χ3n) is 5.80. The van der Waals surface area contributed by atoms with Crippen LogP contribution in [-0.2, 0) is 13.0 Å². The first-order valence-electron chi connectivity index (χ1n) is 11.0. The van der Waals surface area contributed by atoms with Crippen LogP contribution in [0.4, 0.5) is 5.82 Å². The Hall–Kier alpha value is -3.56. The van der Waals surface area contributed by atoms with Crippen LogP contribution in [0.2, 0.25) is 0 Å². The number of aliphatic hydroxyl groups is 1. The summed E-state index contributed by atoms with van der Waals surface area (Å²) in [6.07, 6.45) is 4.59. The molecule has 1 amide bonds. The number of β-amino-alcohol motifs (C(OH)–C–C–N with tert-alkyl or cyclic N) is 1. The van der Waals surface area contributed by atoms with Crippen molar-refractivity contribution in [2.45, 2.75) is 19.1 Å². The molecule has 9 heteroatoms. The van der Waals surface area contributed by atoms with Crippen LogP contribution >= 0.6 is 0 Å². The number of fused-ring (bicyclic) bond motifs is 2. The van der Waals surface area contributed by atoms with Crippen LogP contribution in [0.15, 0.2) is 60.6 Å². The van der Waals surface area contributed by atoms with Gasteiger partial charge in [-0.05, 0) is 42.0 Å². The second-order valence-electron chi connectivity index (χ2n) is 8.16. The van der Waals surface area contributed by atoms with Gasteiger partial charge in [0.15, 0.2) is 11.4 Å². The van der Waals surface area contributed by atoms with E-state index < -0.39 is 6.10 Å². The van der Waals surface area contributed by atoms with Gasteiger partial charge in [-0.2, -0.15) is 0 Å². The quantitative estimate of drug-likeness (QED) is 0.460. The van der Waals surface area contributed by atoms with Gasteiger partial charge in [0.2, 0.25) is 0 Å². The number of carbonyl (C=O) groups is 1. The van der Waals surface area contributed by atoms with Crippen LogP contribution in [0, 0.1) is 0 Å². The molecule has 0 fully saturated rings. The Labute approximate surface area is 193 Å². The molecule has 0 spiro atoms. The normalized spacial score (nSPS) is 17.8. The first kappa shape index (κ1) is 22.6. The highest BCUT2D eigenvalue weighted by atomic mass is 16.5. The van der Waals surface area contributed by atoms with E-state index in [1.54, 1.807) is 23.1 Å². The molecule has 0 radical (unpaired) electrons. The van der Waals surface area contributed by atoms with Crippen LogP contribution in [0.5, 0.6) is 5.75 Å². The fraction of sp³-hybridized carbons (Fsp3) is 0.333. The predicted molar refractivity (Wildman–Crippen MR) is 126 cm³/mol. The van der Waals surface area contributed by atoms with Crippen molar-refractivity contribution in [1.82, 2.24) is 14.8 Å². The molecule has 0 aliphatic carbocycles. The lowest BCUT2D eigenvalue weighted by Gasteiger charge is -2.31. The predicted octanol–water partition coefficient (Wildman–Crippen LogP) is 1.02. The number of pyridine rings is 1. The third-order valence-corrected chi connectivity index (χ3v) is 5.80. The number of nitrogens with zero attached hydrogens (tertiary/aromatic N) is 3. The van der Waals surface area contributed by atoms with Crippen molar-refractivity contribution >= 4 is 11.7 Å². The summed E-state index contributed by atoms with van der Waals surface area (Å²) >= 11 is 0. The van der Waals surface area contributed by atoms with Crippen molar-refractivity contribution in [1.29, 1.82) is 0 Å². The van der Waals surface area contributed by atoms with Gasteiger partial charge < -0.3 is 31.5 Å². The Morgan fingerprint density at radius 2 is 2.00 bits per heavy atom. The summed E-state index contributed by atoms with van der Waals surface area (Å²) in [4.78, 5) is 21.5. The number of hydrogen-bond acceptors (Lipinski definition) is 8. The fourth-order valence-electron chi connectivity index (χ4n) is 4.19. The second kappa shape index (κ2) is 10.4. The lowest BCUT2D eigenvalue weighted by molar-refractivity contribution is 0.0498. The van der Waals surface area contributed by atoms with Crippen LogP contribution in [0.1, 0.15) is 21.6 Å². The lowest BCUT2D eigenvalue weighted by atomic mass is 10.00. The molecule has 3 heterocycles. The van der Waals surface area contributed by atoms with Gasteiger partial charge in [0.1, 0.15) is 12.4 Å². The zero-order valence-electron chi connectivity index (χ0n) is 18.5. The molecule has 2 aliphatic heterocycles. The zero-order valence-corrected chi connectivity index (χ0v) is 18.5. The van der Waals surface area contributed by atoms with E-state index in [1.807, 2.05) is 6.07 Å². The van der Waals surface area contributed by atoms with Crippen molar-refractivity contribution in [3.8, 4) is 5.75 Å². The smallest absolute Gasteiger partial charge is 0.276 e.